The van der Waals surface area contributed by atoms with Gasteiger partial charge in [0.25, 0.3) is 0 Å². The third-order valence-corrected chi connectivity index (χ3v) is 16.7. The second kappa shape index (κ2) is 74.9. The molecule has 584 valence electrons. The number of ether oxygens (including phenoxy) is 4. The van der Waals surface area contributed by atoms with Crippen LogP contribution >= 0.6 is 15.6 Å². The number of aliphatic hydroxyl groups excluding tert-OH is 1. The lowest BCUT2D eigenvalue weighted by Gasteiger charge is -2.21. The van der Waals surface area contributed by atoms with Crippen LogP contribution in [0.25, 0.3) is 0 Å². The van der Waals surface area contributed by atoms with Crippen LogP contribution in [0.4, 0.5) is 0 Å². The Balaban J connectivity index is 5.55. The molecule has 0 aromatic heterocycles. The van der Waals surface area contributed by atoms with Gasteiger partial charge in [-0.15, -0.1) is 0 Å². The van der Waals surface area contributed by atoms with Gasteiger partial charge in [0.15, 0.2) is 12.2 Å². The summed E-state index contributed by atoms with van der Waals surface area (Å²) in [5, 5.41) is 10.6. The van der Waals surface area contributed by atoms with Crippen LogP contribution in [0.2, 0.25) is 0 Å². The highest BCUT2D eigenvalue weighted by Gasteiger charge is 2.30. The fourth-order valence-electron chi connectivity index (χ4n) is 9.01. The molecular weight excluding hydrogens is 1350 g/mol. The van der Waals surface area contributed by atoms with E-state index in [1.165, 1.54) is 6.42 Å². The predicted octanol–water partition coefficient (Wildman–Crippen LogP) is 22.3. The van der Waals surface area contributed by atoms with Gasteiger partial charge in [-0.1, -0.05) is 266 Å². The lowest BCUT2D eigenvalue weighted by Crippen LogP contribution is -2.30. The van der Waals surface area contributed by atoms with Crippen molar-refractivity contribution in [3.63, 3.8) is 0 Å². The summed E-state index contributed by atoms with van der Waals surface area (Å²) in [6.45, 7) is 4.20. The van der Waals surface area contributed by atoms with Gasteiger partial charge in [0.1, 0.15) is 19.3 Å². The van der Waals surface area contributed by atoms with Crippen molar-refractivity contribution < 1.29 is 80.2 Å². The lowest BCUT2D eigenvalue weighted by molar-refractivity contribution is -0.161. The summed E-state index contributed by atoms with van der Waals surface area (Å²) in [5.41, 5.74) is 0. The van der Waals surface area contributed by atoms with Crippen molar-refractivity contribution in [3.8, 4) is 0 Å². The molecular formula is C85H132O17P2. The normalized spacial score (nSPS) is 15.0. The van der Waals surface area contributed by atoms with E-state index in [0.29, 0.717) is 38.5 Å². The van der Waals surface area contributed by atoms with Crippen LogP contribution in [-0.2, 0) is 65.4 Å². The molecule has 104 heavy (non-hydrogen) atoms. The van der Waals surface area contributed by atoms with Crippen LogP contribution in [-0.4, -0.2) is 96.7 Å². The van der Waals surface area contributed by atoms with E-state index >= 15 is 0 Å². The number of hydrogen-bond donors (Lipinski definition) is 3. The predicted molar refractivity (Wildman–Crippen MR) is 426 cm³/mol. The van der Waals surface area contributed by atoms with E-state index in [9.17, 15) is 43.2 Å². The summed E-state index contributed by atoms with van der Waals surface area (Å²) in [6, 6.07) is 0. The zero-order valence-corrected chi connectivity index (χ0v) is 65.4. The van der Waals surface area contributed by atoms with Gasteiger partial charge in [0.05, 0.1) is 26.4 Å². The molecule has 0 rings (SSSR count). The number of allylic oxidation sites excluding steroid dienone is 34. The van der Waals surface area contributed by atoms with Crippen molar-refractivity contribution in [1.29, 1.82) is 0 Å². The number of phosphoric acid groups is 2. The van der Waals surface area contributed by atoms with E-state index in [1.807, 2.05) is 36.5 Å². The van der Waals surface area contributed by atoms with Crippen LogP contribution in [0.15, 0.2) is 207 Å². The molecule has 0 amide bonds. The molecule has 0 saturated heterocycles. The van der Waals surface area contributed by atoms with Gasteiger partial charge in [0.2, 0.25) is 0 Å². The van der Waals surface area contributed by atoms with E-state index in [-0.39, 0.29) is 25.7 Å². The molecule has 0 bridgehead atoms. The highest BCUT2D eigenvalue weighted by molar-refractivity contribution is 7.47. The van der Waals surface area contributed by atoms with E-state index < -0.39 is 97.5 Å². The summed E-state index contributed by atoms with van der Waals surface area (Å²) >= 11 is 0. The molecule has 0 saturated carbocycles. The zero-order valence-electron chi connectivity index (χ0n) is 63.6. The maximum Gasteiger partial charge on any atom is 0.472 e. The van der Waals surface area contributed by atoms with Gasteiger partial charge >= 0.3 is 39.5 Å². The largest absolute Gasteiger partial charge is 0.472 e. The van der Waals surface area contributed by atoms with Crippen LogP contribution in [0.5, 0.6) is 0 Å². The SMILES string of the molecule is CC/C=C\C/C=C\C/C=C\C/C=C\C/C=C\C/C=C\CCC(=O)OCC(COP(=O)(O)OCC(O)COP(=O)(O)OCC(COC(=O)CCCC/C=C\C/C=C\C/C=C\C/C=C\CC)OC(=O)CCCCCCC/C=C\CCCC)OC(=O)CC/C=C\C/C=C\C/C=C\C/C=C\C/C=C\C/C=C\CC. The molecule has 3 N–H and O–H groups in total. The molecule has 0 aliphatic rings. The number of carbonyl (C=O) groups excluding carboxylic acids is 4. The Bertz CT molecular complexity index is 2790. The molecule has 0 heterocycles. The second-order valence-electron chi connectivity index (χ2n) is 24.4. The Kier molecular flexibility index (Phi) is 70.3. The highest BCUT2D eigenvalue weighted by atomic mass is 31.2. The first-order valence-electron chi connectivity index (χ1n) is 38.3. The second-order valence-corrected chi connectivity index (χ2v) is 27.3. The van der Waals surface area contributed by atoms with E-state index in [2.05, 4.69) is 198 Å². The van der Waals surface area contributed by atoms with Crippen molar-refractivity contribution in [2.45, 2.75) is 264 Å². The summed E-state index contributed by atoms with van der Waals surface area (Å²) in [7, 11) is -10.0. The first-order valence-corrected chi connectivity index (χ1v) is 41.3. The fraction of sp³-hybridized carbons (Fsp3) is 0.553. The molecule has 5 atom stereocenters. The minimum absolute atomic E-state index is 0.0103. The average Bonchev–Trinajstić information content (AvgIpc) is 0.928. The van der Waals surface area contributed by atoms with Gasteiger partial charge in [-0.05, 0) is 161 Å². The summed E-state index contributed by atoms with van der Waals surface area (Å²) in [6.07, 6.45) is 92.9. The molecule has 0 aromatic rings. The standard InChI is InChI=1S/C85H132O17P2/c1-5-9-13-17-21-25-29-32-35-37-39-41-44-47-51-54-58-62-66-70-83(88)96-76-81(102-85(90)72-68-64-60-56-52-48-45-42-40-38-36-33-30-26-22-18-14-10-6-2)78-100-104(93,94)98-74-79(86)73-97-103(91,92)99-77-80(101-84(89)71-67-63-59-55-49-28-24-20-16-12-8-4)75-95-82(87)69-65-61-57-53-50-46-43-34-31-27-23-19-15-11-7-3/h9-11,13-15,20-27,32-36,39-43,47-48,50-53,58,60,62,64,79-81,86H,5-8,12,16-19,28-31,37-38,44-46,49,54-57,59,61,63,65-78H2,1-4H3,(H,91,92)(H,93,94)/b13-9-,14-10-,15-11-,24-20-,25-21-,26-22-,27-23-,35-32-,36-33-,41-39-,42-40-,43-34-,51-47-,52-48-,53-50-,62-58-,64-60-. The number of carbonyl (C=O) groups is 4. The van der Waals surface area contributed by atoms with Gasteiger partial charge in [-0.3, -0.25) is 37.3 Å². The van der Waals surface area contributed by atoms with Crippen LogP contribution in [0.1, 0.15) is 246 Å². The van der Waals surface area contributed by atoms with Crippen molar-refractivity contribution in [1.82, 2.24) is 0 Å². The Morgan fingerprint density at radius 2 is 0.519 bits per heavy atom. The Morgan fingerprint density at radius 1 is 0.279 bits per heavy atom. The van der Waals surface area contributed by atoms with Crippen molar-refractivity contribution in [3.05, 3.63) is 207 Å². The van der Waals surface area contributed by atoms with Gasteiger partial charge < -0.3 is 33.8 Å². The van der Waals surface area contributed by atoms with Crippen molar-refractivity contribution >= 4 is 39.5 Å². The first-order chi connectivity index (χ1) is 50.7. The topological polar surface area (TPSA) is 237 Å². The van der Waals surface area contributed by atoms with Gasteiger partial charge in [0, 0.05) is 25.7 Å². The minimum atomic E-state index is -5.03. The quantitative estimate of drug-likeness (QED) is 0.0169. The summed E-state index contributed by atoms with van der Waals surface area (Å²) < 4.78 is 68.2. The number of phosphoric ester groups is 2. The average molecular weight is 1490 g/mol. The number of esters is 4. The monoisotopic (exact) mass is 1490 g/mol. The Morgan fingerprint density at radius 3 is 0.875 bits per heavy atom. The van der Waals surface area contributed by atoms with Crippen LogP contribution in [0.3, 0.4) is 0 Å². The van der Waals surface area contributed by atoms with E-state index in [0.717, 1.165) is 148 Å². The maximum absolute atomic E-state index is 13.1. The van der Waals surface area contributed by atoms with E-state index in [4.69, 9.17) is 37.0 Å². The van der Waals surface area contributed by atoms with Crippen molar-refractivity contribution in [2.24, 2.45) is 0 Å². The zero-order chi connectivity index (χ0) is 76.0. The minimum Gasteiger partial charge on any atom is -0.462 e. The lowest BCUT2D eigenvalue weighted by atomic mass is 10.1. The molecule has 19 heteroatoms. The summed E-state index contributed by atoms with van der Waals surface area (Å²) in [5.74, 6) is -2.46. The Hall–Kier alpha value is -6.36. The highest BCUT2D eigenvalue weighted by Crippen LogP contribution is 2.45. The van der Waals surface area contributed by atoms with Crippen LogP contribution in [0, 0.1) is 0 Å². The molecule has 0 spiro atoms. The fourth-order valence-corrected chi connectivity index (χ4v) is 10.6. The molecule has 17 nitrogen and oxygen atoms in total. The van der Waals surface area contributed by atoms with E-state index in [1.54, 1.807) is 0 Å². The third-order valence-electron chi connectivity index (χ3n) is 14.8. The summed E-state index contributed by atoms with van der Waals surface area (Å²) in [4.78, 5) is 72.8. The number of rotatable bonds is 69. The smallest absolute Gasteiger partial charge is 0.462 e. The van der Waals surface area contributed by atoms with Gasteiger partial charge in [-0.25, -0.2) is 9.13 Å². The number of aliphatic hydroxyl groups is 1. The number of hydrogen-bond acceptors (Lipinski definition) is 15. The van der Waals surface area contributed by atoms with Crippen molar-refractivity contribution in [2.75, 3.05) is 39.6 Å². The van der Waals surface area contributed by atoms with Crippen LogP contribution < -0.4 is 0 Å². The molecule has 0 aliphatic carbocycles. The Labute approximate surface area is 627 Å². The molecule has 0 radical (unpaired) electrons. The number of unbranched alkanes of at least 4 members (excludes halogenated alkanes) is 9. The van der Waals surface area contributed by atoms with Gasteiger partial charge in [-0.2, -0.15) is 0 Å². The third kappa shape index (κ3) is 73.9. The maximum atomic E-state index is 13.1. The molecule has 0 fully saturated rings. The molecule has 5 unspecified atom stereocenters. The first kappa shape index (κ1) is 97.6. The molecule has 0 aromatic carbocycles. The molecule has 0 aliphatic heterocycles.